The number of thiazole rings is 1. The van der Waals surface area contributed by atoms with Gasteiger partial charge in [-0.15, -0.1) is 11.3 Å². The summed E-state index contributed by atoms with van der Waals surface area (Å²) in [6, 6.07) is 18.8. The summed E-state index contributed by atoms with van der Waals surface area (Å²) in [6.45, 7) is 0. The summed E-state index contributed by atoms with van der Waals surface area (Å²) in [6.07, 6.45) is 0. The lowest BCUT2D eigenvalue weighted by atomic mass is 10.1. The van der Waals surface area contributed by atoms with Gasteiger partial charge >= 0.3 is 0 Å². The number of non-ortho nitro benzene ring substituents is 1. The number of rotatable bonds is 6. The van der Waals surface area contributed by atoms with Crippen LogP contribution in [0.15, 0.2) is 78.2 Å². The Hall–Kier alpha value is -4.11. The van der Waals surface area contributed by atoms with Crippen molar-refractivity contribution in [2.24, 2.45) is 0 Å². The molecule has 1 aromatic heterocycles. The Labute approximate surface area is 180 Å². The van der Waals surface area contributed by atoms with Gasteiger partial charge in [-0.2, -0.15) is 0 Å². The zero-order chi connectivity index (χ0) is 21.8. The van der Waals surface area contributed by atoms with E-state index >= 15 is 0 Å². The summed E-state index contributed by atoms with van der Waals surface area (Å²) < 4.78 is 13.8. The molecule has 1 heterocycles. The maximum atomic E-state index is 13.8. The van der Waals surface area contributed by atoms with Crippen LogP contribution in [0.25, 0.3) is 11.3 Å². The highest BCUT2D eigenvalue weighted by Gasteiger charge is 2.11. The molecule has 4 aromatic rings. The van der Waals surface area contributed by atoms with Gasteiger partial charge in [0, 0.05) is 34.3 Å². The first-order valence-corrected chi connectivity index (χ1v) is 10.0. The lowest BCUT2D eigenvalue weighted by Crippen LogP contribution is -2.11. The second kappa shape index (κ2) is 8.72. The van der Waals surface area contributed by atoms with E-state index in [9.17, 15) is 19.3 Å². The van der Waals surface area contributed by atoms with Gasteiger partial charge in [0.05, 0.1) is 16.3 Å². The highest BCUT2D eigenvalue weighted by molar-refractivity contribution is 7.14. The predicted molar refractivity (Wildman–Crippen MR) is 118 cm³/mol. The number of halogens is 1. The van der Waals surface area contributed by atoms with Crippen LogP contribution in [0, 0.1) is 15.9 Å². The minimum Gasteiger partial charge on any atom is -0.329 e. The number of para-hydroxylation sites is 1. The summed E-state index contributed by atoms with van der Waals surface area (Å²) in [5, 5.41) is 18.8. The summed E-state index contributed by atoms with van der Waals surface area (Å²) in [7, 11) is 0. The molecule has 0 fully saturated rings. The Morgan fingerprint density at radius 3 is 2.55 bits per heavy atom. The molecule has 9 heteroatoms. The number of carbonyl (C=O) groups is 1. The molecule has 3 aromatic carbocycles. The first kappa shape index (κ1) is 20.2. The summed E-state index contributed by atoms with van der Waals surface area (Å²) in [5.74, 6) is -0.748. The lowest BCUT2D eigenvalue weighted by molar-refractivity contribution is -0.384. The molecule has 0 saturated heterocycles. The zero-order valence-corrected chi connectivity index (χ0v) is 16.7. The van der Waals surface area contributed by atoms with Gasteiger partial charge in [0.25, 0.3) is 11.6 Å². The van der Waals surface area contributed by atoms with Crippen molar-refractivity contribution in [1.29, 1.82) is 0 Å². The van der Waals surface area contributed by atoms with Crippen LogP contribution in [0.2, 0.25) is 0 Å². The molecule has 0 atom stereocenters. The molecular formula is C22H15FN4O3S. The van der Waals surface area contributed by atoms with Crippen LogP contribution in [-0.4, -0.2) is 15.8 Å². The summed E-state index contributed by atoms with van der Waals surface area (Å²) >= 11 is 1.34. The van der Waals surface area contributed by atoms with Gasteiger partial charge in [-0.05, 0) is 36.4 Å². The third kappa shape index (κ3) is 4.73. The van der Waals surface area contributed by atoms with E-state index in [2.05, 4.69) is 15.6 Å². The molecule has 4 rings (SSSR count). The van der Waals surface area contributed by atoms with Gasteiger partial charge < -0.3 is 10.6 Å². The minimum absolute atomic E-state index is 0.0816. The number of nitro groups is 1. The number of amides is 1. The molecule has 0 spiro atoms. The van der Waals surface area contributed by atoms with Crippen LogP contribution in [-0.2, 0) is 0 Å². The fourth-order valence-corrected chi connectivity index (χ4v) is 3.57. The molecular weight excluding hydrogens is 419 g/mol. The lowest BCUT2D eigenvalue weighted by Gasteiger charge is -2.07. The van der Waals surface area contributed by atoms with E-state index in [0.717, 1.165) is 5.56 Å². The van der Waals surface area contributed by atoms with E-state index in [4.69, 9.17) is 0 Å². The Balaban J connectivity index is 1.48. The molecule has 7 nitrogen and oxygen atoms in total. The maximum absolute atomic E-state index is 13.8. The van der Waals surface area contributed by atoms with Crippen molar-refractivity contribution >= 4 is 39.4 Å². The number of aromatic nitrogens is 1. The number of hydrogen-bond acceptors (Lipinski definition) is 6. The topological polar surface area (TPSA) is 97.2 Å². The van der Waals surface area contributed by atoms with Crippen LogP contribution in [0.1, 0.15) is 10.4 Å². The van der Waals surface area contributed by atoms with E-state index in [1.54, 1.807) is 36.4 Å². The van der Waals surface area contributed by atoms with Crippen LogP contribution >= 0.6 is 11.3 Å². The molecule has 0 radical (unpaired) electrons. The maximum Gasteiger partial charge on any atom is 0.269 e. The largest absolute Gasteiger partial charge is 0.329 e. The van der Waals surface area contributed by atoms with Crippen LogP contribution in [0.4, 0.5) is 26.6 Å². The number of hydrogen-bond donors (Lipinski definition) is 2. The van der Waals surface area contributed by atoms with Crippen molar-refractivity contribution in [2.45, 2.75) is 0 Å². The number of anilines is 3. The van der Waals surface area contributed by atoms with E-state index in [0.29, 0.717) is 27.8 Å². The molecule has 0 unspecified atom stereocenters. The number of carbonyl (C=O) groups excluding carboxylic acids is 1. The highest BCUT2D eigenvalue weighted by atomic mass is 32.1. The van der Waals surface area contributed by atoms with Crippen molar-refractivity contribution in [1.82, 2.24) is 4.98 Å². The highest BCUT2D eigenvalue weighted by Crippen LogP contribution is 2.29. The molecule has 0 bridgehead atoms. The Kier molecular flexibility index (Phi) is 5.67. The third-order valence-electron chi connectivity index (χ3n) is 4.38. The second-order valence-corrected chi connectivity index (χ2v) is 7.34. The zero-order valence-electron chi connectivity index (χ0n) is 15.9. The molecule has 154 valence electrons. The molecule has 0 aliphatic rings. The first-order chi connectivity index (χ1) is 15.0. The van der Waals surface area contributed by atoms with Crippen LogP contribution in [0.3, 0.4) is 0 Å². The quantitative estimate of drug-likeness (QED) is 0.293. The van der Waals surface area contributed by atoms with Gasteiger partial charge in [0.15, 0.2) is 5.13 Å². The number of benzene rings is 3. The SMILES string of the molecule is O=C(Nc1cccc(-c2csc(Nc3ccccc3F)n2)c1)c1ccc([N+](=O)[O-])cc1. The summed E-state index contributed by atoms with van der Waals surface area (Å²) in [4.78, 5) is 27.2. The monoisotopic (exact) mass is 434 g/mol. The van der Waals surface area contributed by atoms with Crippen molar-refractivity contribution < 1.29 is 14.1 Å². The fraction of sp³-hybridized carbons (Fsp3) is 0. The van der Waals surface area contributed by atoms with E-state index < -0.39 is 4.92 Å². The van der Waals surface area contributed by atoms with Crippen molar-refractivity contribution in [3.05, 3.63) is 99.7 Å². The third-order valence-corrected chi connectivity index (χ3v) is 5.13. The molecule has 2 N–H and O–H groups in total. The predicted octanol–water partition coefficient (Wildman–Crippen LogP) is 5.85. The smallest absolute Gasteiger partial charge is 0.269 e. The minimum atomic E-state index is -0.520. The molecule has 0 aliphatic carbocycles. The van der Waals surface area contributed by atoms with Gasteiger partial charge in [0.1, 0.15) is 5.82 Å². The van der Waals surface area contributed by atoms with E-state index in [1.807, 2.05) is 11.4 Å². The van der Waals surface area contributed by atoms with E-state index in [-0.39, 0.29) is 17.4 Å². The van der Waals surface area contributed by atoms with Gasteiger partial charge in [-0.3, -0.25) is 14.9 Å². The molecule has 0 saturated carbocycles. The van der Waals surface area contributed by atoms with Gasteiger partial charge in [-0.1, -0.05) is 24.3 Å². The molecule has 1 amide bonds. The number of nitrogens with zero attached hydrogens (tertiary/aromatic N) is 2. The second-order valence-electron chi connectivity index (χ2n) is 6.48. The average molecular weight is 434 g/mol. The summed E-state index contributed by atoms with van der Waals surface area (Å²) in [5.41, 5.74) is 2.57. The van der Waals surface area contributed by atoms with Gasteiger partial charge in [-0.25, -0.2) is 9.37 Å². The van der Waals surface area contributed by atoms with Crippen LogP contribution in [0.5, 0.6) is 0 Å². The Bertz CT molecular complexity index is 1260. The Morgan fingerprint density at radius 2 is 1.81 bits per heavy atom. The standard InChI is InChI=1S/C22H15FN4O3S/c23-18-6-1-2-7-19(18)25-22-26-20(13-31-22)15-4-3-5-16(12-15)24-21(28)14-8-10-17(11-9-14)27(29)30/h1-13H,(H,24,28)(H,25,26). The molecule has 31 heavy (non-hydrogen) atoms. The Morgan fingerprint density at radius 1 is 1.03 bits per heavy atom. The number of nitrogens with one attached hydrogen (secondary N) is 2. The van der Waals surface area contributed by atoms with Crippen molar-refractivity contribution in [2.75, 3.05) is 10.6 Å². The van der Waals surface area contributed by atoms with Crippen LogP contribution < -0.4 is 10.6 Å². The van der Waals surface area contributed by atoms with Gasteiger partial charge in [0.2, 0.25) is 0 Å². The van der Waals surface area contributed by atoms with Crippen molar-refractivity contribution in [3.8, 4) is 11.3 Å². The van der Waals surface area contributed by atoms with E-state index in [1.165, 1.54) is 41.7 Å². The molecule has 0 aliphatic heterocycles. The average Bonchev–Trinajstić information content (AvgIpc) is 3.24. The first-order valence-electron chi connectivity index (χ1n) is 9.13. The normalized spacial score (nSPS) is 10.5. The van der Waals surface area contributed by atoms with Crippen molar-refractivity contribution in [3.63, 3.8) is 0 Å². The number of nitro benzene ring substituents is 1. The fourth-order valence-electron chi connectivity index (χ4n) is 2.84.